The second-order valence-corrected chi connectivity index (χ2v) is 29.4. The molecule has 0 aliphatic carbocycles. The number of nitrogens with two attached hydrogens (primary N) is 7. The molecular formula is C70H110N24O20S2. The minimum Gasteiger partial charge on any atom is -0.481 e. The summed E-state index contributed by atoms with van der Waals surface area (Å²) in [6, 6.07) is -3.94. The summed E-state index contributed by atoms with van der Waals surface area (Å²) < 4.78 is 0. The number of carbonyl (C=O) groups excluding carboxylic acids is 14. The molecule has 0 radical (unpaired) electrons. The van der Waals surface area contributed by atoms with Gasteiger partial charge in [0.25, 0.3) is 0 Å². The van der Waals surface area contributed by atoms with Crippen molar-refractivity contribution in [1.29, 1.82) is 0 Å². The summed E-state index contributed by atoms with van der Waals surface area (Å²) in [5.41, 5.74) is 39.7. The predicted molar refractivity (Wildman–Crippen MR) is 426 cm³/mol. The van der Waals surface area contributed by atoms with Gasteiger partial charge in [-0.05, 0) is 61.5 Å². The van der Waals surface area contributed by atoms with Crippen LogP contribution in [0.25, 0.3) is 0 Å². The van der Waals surface area contributed by atoms with Crippen molar-refractivity contribution in [3.8, 4) is 0 Å². The number of aliphatic hydroxyl groups is 2. The average Bonchev–Trinajstić information content (AvgIpc) is 0.847. The van der Waals surface area contributed by atoms with Gasteiger partial charge >= 0.3 is 11.9 Å². The molecule has 116 heavy (non-hydrogen) atoms. The summed E-state index contributed by atoms with van der Waals surface area (Å²) in [5.74, 6) is -21.9. The van der Waals surface area contributed by atoms with Gasteiger partial charge in [0, 0.05) is 44.0 Å². The van der Waals surface area contributed by atoms with Crippen LogP contribution < -0.4 is 115 Å². The van der Waals surface area contributed by atoms with Gasteiger partial charge in [-0.2, -0.15) is 0 Å². The lowest BCUT2D eigenvalue weighted by Crippen LogP contribution is -2.62. The molecule has 0 bridgehead atoms. The number of nitrogens with zero attached hydrogens (tertiary/aromatic N) is 3. The van der Waals surface area contributed by atoms with Gasteiger partial charge in [-0.1, -0.05) is 123 Å². The number of amides is 14. The van der Waals surface area contributed by atoms with E-state index in [-0.39, 0.29) is 102 Å². The maximum atomic E-state index is 15.2. The van der Waals surface area contributed by atoms with Crippen LogP contribution in [0.1, 0.15) is 96.6 Å². The molecule has 44 nitrogen and oxygen atoms in total. The van der Waals surface area contributed by atoms with E-state index in [1.165, 1.54) is 13.8 Å². The lowest BCUT2D eigenvalue weighted by molar-refractivity contribution is -0.142. The number of nitrogens with one attached hydrogen (secondary N) is 14. The summed E-state index contributed by atoms with van der Waals surface area (Å²) >= 11 is 0. The fourth-order valence-electron chi connectivity index (χ4n) is 10.8. The Morgan fingerprint density at radius 2 is 0.957 bits per heavy atom. The number of carbonyl (C=O) groups is 16. The molecule has 32 N–H and O–H groups in total. The molecule has 3 rings (SSSR count). The number of hydrogen-bond donors (Lipinski definition) is 25. The lowest BCUT2D eigenvalue weighted by atomic mass is 9.96. The molecule has 14 amide bonds. The fourth-order valence-corrected chi connectivity index (χ4v) is 13.1. The zero-order valence-electron chi connectivity index (χ0n) is 64.7. The van der Waals surface area contributed by atoms with E-state index in [9.17, 15) is 87.5 Å². The second kappa shape index (κ2) is 52.7. The van der Waals surface area contributed by atoms with Crippen molar-refractivity contribution in [3.63, 3.8) is 0 Å². The van der Waals surface area contributed by atoms with Gasteiger partial charge < -0.3 is 135 Å². The van der Waals surface area contributed by atoms with Crippen LogP contribution in [-0.4, -0.2) is 269 Å². The first kappa shape index (κ1) is 98.5. The van der Waals surface area contributed by atoms with E-state index in [1.54, 1.807) is 74.5 Å². The molecule has 1 fully saturated rings. The molecule has 2 aromatic carbocycles. The van der Waals surface area contributed by atoms with Crippen LogP contribution in [0.2, 0.25) is 0 Å². The maximum absolute atomic E-state index is 15.2. The fraction of sp³-hybridized carbons (Fsp3) is 0.557. The van der Waals surface area contributed by atoms with Crippen LogP contribution in [0.15, 0.2) is 75.6 Å². The second-order valence-electron chi connectivity index (χ2n) is 26.8. The third kappa shape index (κ3) is 37.5. The predicted octanol–water partition coefficient (Wildman–Crippen LogP) is -9.33. The highest BCUT2D eigenvalue weighted by Gasteiger charge is 2.39. The van der Waals surface area contributed by atoms with E-state index in [0.717, 1.165) is 21.6 Å². The number of aliphatic imine (C=N–C) groups is 3. The Morgan fingerprint density at radius 3 is 1.47 bits per heavy atom. The molecule has 0 spiro atoms. The molecule has 1 saturated heterocycles. The Morgan fingerprint density at radius 1 is 0.491 bits per heavy atom. The Balaban J connectivity index is 2.36. The van der Waals surface area contributed by atoms with Crippen molar-refractivity contribution in [2.24, 2.45) is 66.9 Å². The van der Waals surface area contributed by atoms with Crippen LogP contribution in [0.4, 0.5) is 0 Å². The third-order valence-electron chi connectivity index (χ3n) is 17.6. The summed E-state index contributed by atoms with van der Waals surface area (Å²) in [4.78, 5) is 236. The van der Waals surface area contributed by atoms with Gasteiger partial charge in [-0.15, -0.1) is 0 Å². The molecule has 642 valence electrons. The highest BCUT2D eigenvalue weighted by atomic mass is 33.1. The molecule has 1 heterocycles. The van der Waals surface area contributed by atoms with E-state index in [2.05, 4.69) is 89.4 Å². The molecule has 46 heteroatoms. The van der Waals surface area contributed by atoms with Gasteiger partial charge in [0.15, 0.2) is 17.9 Å². The number of rotatable bonds is 33. The van der Waals surface area contributed by atoms with Gasteiger partial charge in [0.1, 0.15) is 72.5 Å². The smallest absolute Gasteiger partial charge is 0.326 e. The minimum absolute atomic E-state index is 0.0265. The number of guanidine groups is 3. The van der Waals surface area contributed by atoms with E-state index in [4.69, 9.17) is 40.1 Å². The average molecular weight is 1670 g/mol. The third-order valence-corrected chi connectivity index (χ3v) is 20.1. The van der Waals surface area contributed by atoms with E-state index >= 15 is 9.59 Å². The molecule has 1 aliphatic rings. The van der Waals surface area contributed by atoms with Crippen molar-refractivity contribution in [3.05, 3.63) is 71.8 Å². The molecular weight excluding hydrogens is 1560 g/mol. The summed E-state index contributed by atoms with van der Waals surface area (Å²) in [6.45, 7) is 1.51. The van der Waals surface area contributed by atoms with E-state index in [1.807, 2.05) is 0 Å². The number of hydrogen-bond acceptors (Lipinski definition) is 24. The van der Waals surface area contributed by atoms with Crippen molar-refractivity contribution in [2.45, 2.75) is 171 Å². The molecule has 0 saturated carbocycles. The first-order chi connectivity index (χ1) is 55.0. The Bertz CT molecular complexity index is 3750. The van der Waals surface area contributed by atoms with Gasteiger partial charge in [-0.25, -0.2) is 4.79 Å². The lowest BCUT2D eigenvalue weighted by Gasteiger charge is -2.30. The van der Waals surface area contributed by atoms with Crippen LogP contribution in [-0.2, 0) is 89.6 Å². The van der Waals surface area contributed by atoms with Gasteiger partial charge in [0.2, 0.25) is 82.7 Å². The van der Waals surface area contributed by atoms with Crippen LogP contribution in [0.5, 0.6) is 0 Å². The van der Waals surface area contributed by atoms with Crippen LogP contribution in [0, 0.1) is 11.8 Å². The zero-order valence-corrected chi connectivity index (χ0v) is 66.4. The number of aliphatic carboxylic acids is 2. The quantitative estimate of drug-likeness (QED) is 0.0137. The zero-order chi connectivity index (χ0) is 86.6. The van der Waals surface area contributed by atoms with Crippen LogP contribution >= 0.6 is 21.6 Å². The summed E-state index contributed by atoms with van der Waals surface area (Å²) in [7, 11) is 1.48. The standard InChI is InChI=1S/C70H110N24O20S2/c1-5-36(3)54-65(111)89-46(28-53(100)101)62(108)86-42(21-14-24-79-69(74)75)60(106)94-55(37(4)6-2)66(112)92-49(64(110)88-45(27-39-18-11-8-12-19-39)61(107)87-43(67(113)114)22-15-25-80-70(76)77)35-116-115-34-48(91-63(109)47(33-96)90-56(102)40(71)32-95)58(104)83-31-52(99)85-44(26-38-16-9-7-10-17-38)57(103)82-29-50(97)81-30-51(98)84-41(59(105)93-54)20-13-23-78-68(72)73/h7-12,16-19,36-37,40-49,54-55,95-96H,5-6,13-15,20-35,71H2,1-4H3,(H,81,97)(H,82,103)(H,83,104)(H,84,98)(H,85,99)(H,86,108)(H,87,107)(H,88,110)(H,89,111)(H,90,102)(H,91,109)(H,92,112)(H,93,105)(H,94,106)(H,100,101)(H,113,114)(H4,72,73,78)(H4,74,75,79)(H4,76,77,80)/t36-,37-,40-,41+,42-,43-,44+,45+,46+,47-,48+,49+,54-,55+/m0/s1. The van der Waals surface area contributed by atoms with Gasteiger partial charge in [-0.3, -0.25) is 86.9 Å². The Labute approximate surface area is 676 Å². The molecule has 0 unspecified atom stereocenters. The first-order valence-electron chi connectivity index (χ1n) is 37.1. The number of carboxylic acids is 2. The van der Waals surface area contributed by atoms with Crippen molar-refractivity contribution in [1.82, 2.24) is 74.4 Å². The Hall–Kier alpha value is -11.6. The molecule has 1 aliphatic heterocycles. The topological polar surface area (TPSA) is 742 Å². The van der Waals surface area contributed by atoms with E-state index in [0.29, 0.717) is 11.1 Å². The largest absolute Gasteiger partial charge is 0.481 e. The van der Waals surface area contributed by atoms with Crippen molar-refractivity contribution < 1.29 is 97.1 Å². The Kier molecular flexibility index (Phi) is 44.8. The summed E-state index contributed by atoms with van der Waals surface area (Å²) in [6.07, 6.45) is -2.13. The monoisotopic (exact) mass is 1670 g/mol. The SMILES string of the molecule is CC[C@H](C)[C@@H]1NC(=O)[C@@H](CCCN=C(N)N)NC(=O)CNC(=O)CNC(=O)[C@@H](Cc2ccccc2)NC(=O)CNC(=O)[C@H](NC(=O)[C@H](CO)NC(=O)[C@@H](N)CO)CSSC[C@H](C(=O)N[C@H](Cc2ccccc2)C(=O)N[C@@H](CCCN=C(N)N)C(=O)O)NC(=O)[C@@H]([C@@H](C)CC)NC(=O)[C@H](CCCN=C(N)N)NC(=O)[C@@H](CC(=O)O)NC1=O. The van der Waals surface area contributed by atoms with Crippen molar-refractivity contribution in [2.75, 3.05) is 64.0 Å². The maximum Gasteiger partial charge on any atom is 0.326 e. The number of carboxylic acid groups (broad SMARTS) is 2. The van der Waals surface area contributed by atoms with Gasteiger partial charge in [0.05, 0.1) is 39.3 Å². The summed E-state index contributed by atoms with van der Waals surface area (Å²) in [5, 5.41) is 74.3. The van der Waals surface area contributed by atoms with E-state index < -0.39 is 230 Å². The highest BCUT2D eigenvalue weighted by Crippen LogP contribution is 2.24. The normalized spacial score (nSPS) is 21.3. The number of aliphatic hydroxyl groups excluding tert-OH is 2. The highest BCUT2D eigenvalue weighted by molar-refractivity contribution is 8.76. The molecule has 0 aromatic heterocycles. The minimum atomic E-state index is -2.02. The molecule has 14 atom stereocenters. The first-order valence-corrected chi connectivity index (χ1v) is 39.5. The number of benzene rings is 2. The molecule has 2 aromatic rings. The van der Waals surface area contributed by atoms with Crippen LogP contribution in [0.3, 0.4) is 0 Å². The van der Waals surface area contributed by atoms with Crippen molar-refractivity contribution >= 4 is 134 Å².